The van der Waals surface area contributed by atoms with E-state index in [9.17, 15) is 18.1 Å². The molecule has 0 bridgehead atoms. The molecule has 0 heterocycles. The highest BCUT2D eigenvalue weighted by Crippen LogP contribution is 2.28. The van der Waals surface area contributed by atoms with E-state index in [1.807, 2.05) is 0 Å². The van der Waals surface area contributed by atoms with Crippen LogP contribution in [-0.2, 0) is 16.5 Å². The molecule has 0 aliphatic carbocycles. The average molecular weight is 350 g/mol. The molecule has 0 aliphatic rings. The van der Waals surface area contributed by atoms with Gasteiger partial charge in [0, 0.05) is 0 Å². The molecule has 0 aromatic heterocycles. The van der Waals surface area contributed by atoms with Crippen molar-refractivity contribution in [2.24, 2.45) is 0 Å². The normalized spacial score (nSPS) is 11.4. The predicted octanol–water partition coefficient (Wildman–Crippen LogP) is 4.55. The second-order valence-corrected chi connectivity index (χ2v) is 7.04. The molecule has 2 rings (SSSR count). The fourth-order valence-corrected chi connectivity index (χ4v) is 3.19. The molecule has 0 unspecified atom stereocenters. The molecular weight excluding hydrogens is 328 g/mol. The van der Waals surface area contributed by atoms with Crippen LogP contribution < -0.4 is 4.74 Å². The molecule has 0 saturated heterocycles. The van der Waals surface area contributed by atoms with Crippen LogP contribution in [0.4, 0.5) is 0 Å². The first-order chi connectivity index (χ1) is 11.4. The zero-order chi connectivity index (χ0) is 17.6. The number of phenols is 1. The largest absolute Gasteiger partial charge is 0.508 e. The van der Waals surface area contributed by atoms with Gasteiger partial charge in [0.15, 0.2) is 0 Å². The molecule has 130 valence electrons. The van der Waals surface area contributed by atoms with Crippen molar-refractivity contribution in [3.8, 4) is 17.2 Å². The van der Waals surface area contributed by atoms with Crippen LogP contribution in [0.1, 0.15) is 38.2 Å². The minimum absolute atomic E-state index is 0.0722. The van der Waals surface area contributed by atoms with E-state index >= 15 is 0 Å². The molecule has 0 amide bonds. The van der Waals surface area contributed by atoms with Crippen LogP contribution in [0.15, 0.2) is 47.4 Å². The average Bonchev–Trinajstić information content (AvgIpc) is 2.53. The Hall–Kier alpha value is -2.05. The Morgan fingerprint density at radius 3 is 2.25 bits per heavy atom. The third kappa shape index (κ3) is 5.25. The van der Waals surface area contributed by atoms with Gasteiger partial charge in [-0.25, -0.2) is 0 Å². The molecule has 0 fully saturated rings. The van der Waals surface area contributed by atoms with E-state index in [0.717, 1.165) is 25.7 Å². The second kappa shape index (κ2) is 8.17. The number of hydrogen-bond donors (Lipinski definition) is 2. The van der Waals surface area contributed by atoms with E-state index in [1.54, 1.807) is 18.2 Å². The van der Waals surface area contributed by atoms with E-state index in [2.05, 4.69) is 6.92 Å². The van der Waals surface area contributed by atoms with E-state index in [0.29, 0.717) is 23.5 Å². The van der Waals surface area contributed by atoms with Gasteiger partial charge in [-0.1, -0.05) is 26.2 Å². The molecule has 0 saturated carbocycles. The van der Waals surface area contributed by atoms with Gasteiger partial charge in [0.05, 0.1) is 4.90 Å². The molecule has 2 aromatic rings. The summed E-state index contributed by atoms with van der Waals surface area (Å²) in [6.45, 7) is 2.11. The molecule has 0 atom stereocenters. The first kappa shape index (κ1) is 18.3. The zero-order valence-electron chi connectivity index (χ0n) is 13.6. The first-order valence-electron chi connectivity index (χ1n) is 7.97. The smallest absolute Gasteiger partial charge is 0.294 e. The zero-order valence-corrected chi connectivity index (χ0v) is 14.4. The van der Waals surface area contributed by atoms with Crippen LogP contribution in [-0.4, -0.2) is 18.1 Å². The van der Waals surface area contributed by atoms with Crippen molar-refractivity contribution in [2.45, 2.75) is 43.9 Å². The molecule has 0 aliphatic heterocycles. The van der Waals surface area contributed by atoms with Crippen LogP contribution >= 0.6 is 0 Å². The number of phenolic OH excluding ortho intramolecular Hbond substituents is 1. The monoisotopic (exact) mass is 350 g/mol. The summed E-state index contributed by atoms with van der Waals surface area (Å²) < 4.78 is 38.1. The van der Waals surface area contributed by atoms with Crippen LogP contribution in [0.3, 0.4) is 0 Å². The summed E-state index contributed by atoms with van der Waals surface area (Å²) in [6.07, 6.45) is 4.59. The SMILES string of the molecule is CCCCCCc1cc(Oc2ccc(O)cc2)ccc1S(=O)(=O)O. The maximum atomic E-state index is 11.5. The maximum absolute atomic E-state index is 11.5. The van der Waals surface area contributed by atoms with E-state index in [-0.39, 0.29) is 10.6 Å². The lowest BCUT2D eigenvalue weighted by molar-refractivity contribution is 0.462. The predicted molar refractivity (Wildman–Crippen MR) is 92.3 cm³/mol. The van der Waals surface area contributed by atoms with Gasteiger partial charge in [-0.3, -0.25) is 4.55 Å². The fraction of sp³-hybridized carbons (Fsp3) is 0.333. The van der Waals surface area contributed by atoms with Crippen molar-refractivity contribution in [2.75, 3.05) is 0 Å². The van der Waals surface area contributed by atoms with Crippen molar-refractivity contribution in [1.29, 1.82) is 0 Å². The summed E-state index contributed by atoms with van der Waals surface area (Å²) in [5, 5.41) is 9.28. The van der Waals surface area contributed by atoms with Crippen molar-refractivity contribution in [3.63, 3.8) is 0 Å². The molecule has 0 radical (unpaired) electrons. The van der Waals surface area contributed by atoms with Gasteiger partial charge in [0.1, 0.15) is 17.2 Å². The van der Waals surface area contributed by atoms with Gasteiger partial charge in [-0.2, -0.15) is 8.42 Å². The lowest BCUT2D eigenvalue weighted by Gasteiger charge is -2.11. The number of benzene rings is 2. The molecule has 6 heteroatoms. The summed E-state index contributed by atoms with van der Waals surface area (Å²) in [6, 6.07) is 10.8. The Labute approximate surface area is 142 Å². The summed E-state index contributed by atoms with van der Waals surface area (Å²) in [7, 11) is -4.26. The number of hydrogen-bond acceptors (Lipinski definition) is 4. The van der Waals surface area contributed by atoms with Crippen molar-refractivity contribution < 1.29 is 22.8 Å². The van der Waals surface area contributed by atoms with Crippen LogP contribution in [0.25, 0.3) is 0 Å². The Morgan fingerprint density at radius 1 is 0.958 bits per heavy atom. The summed E-state index contributed by atoms with van der Waals surface area (Å²) in [4.78, 5) is -0.0722. The first-order valence-corrected chi connectivity index (χ1v) is 9.41. The highest BCUT2D eigenvalue weighted by molar-refractivity contribution is 7.85. The molecule has 2 N–H and O–H groups in total. The Morgan fingerprint density at radius 2 is 1.62 bits per heavy atom. The highest BCUT2D eigenvalue weighted by atomic mass is 32.2. The van der Waals surface area contributed by atoms with Gasteiger partial charge < -0.3 is 9.84 Å². The molecule has 0 spiro atoms. The number of unbranched alkanes of at least 4 members (excludes halogenated alkanes) is 3. The van der Waals surface area contributed by atoms with E-state index in [1.165, 1.54) is 24.3 Å². The van der Waals surface area contributed by atoms with Gasteiger partial charge in [0.2, 0.25) is 0 Å². The van der Waals surface area contributed by atoms with E-state index < -0.39 is 10.1 Å². The van der Waals surface area contributed by atoms with Gasteiger partial charge >= 0.3 is 0 Å². The van der Waals surface area contributed by atoms with Gasteiger partial charge in [-0.05, 0) is 60.9 Å². The number of aromatic hydroxyl groups is 1. The third-order valence-electron chi connectivity index (χ3n) is 3.68. The minimum atomic E-state index is -4.26. The number of ether oxygens (including phenoxy) is 1. The second-order valence-electron chi connectivity index (χ2n) is 5.65. The standard InChI is InChI=1S/C18H22O5S/c1-2-3-4-5-6-14-13-17(11-12-18(14)24(20,21)22)23-16-9-7-15(19)8-10-16/h7-13,19H,2-6H2,1H3,(H,20,21,22). The highest BCUT2D eigenvalue weighted by Gasteiger charge is 2.16. The van der Waals surface area contributed by atoms with Gasteiger partial charge in [0.25, 0.3) is 10.1 Å². The molecule has 5 nitrogen and oxygen atoms in total. The van der Waals surface area contributed by atoms with E-state index in [4.69, 9.17) is 4.74 Å². The van der Waals surface area contributed by atoms with Gasteiger partial charge in [-0.15, -0.1) is 0 Å². The number of aryl methyl sites for hydroxylation is 1. The lowest BCUT2D eigenvalue weighted by Crippen LogP contribution is -2.04. The molecular formula is C18H22O5S. The number of rotatable bonds is 8. The van der Waals surface area contributed by atoms with Crippen LogP contribution in [0.5, 0.6) is 17.2 Å². The van der Waals surface area contributed by atoms with Crippen molar-refractivity contribution >= 4 is 10.1 Å². The van der Waals surface area contributed by atoms with Crippen molar-refractivity contribution in [3.05, 3.63) is 48.0 Å². The third-order valence-corrected chi connectivity index (χ3v) is 4.64. The molecule has 2 aromatic carbocycles. The Balaban J connectivity index is 2.22. The topological polar surface area (TPSA) is 83.8 Å². The minimum Gasteiger partial charge on any atom is -0.508 e. The summed E-state index contributed by atoms with van der Waals surface area (Å²) >= 11 is 0. The molecule has 24 heavy (non-hydrogen) atoms. The lowest BCUT2D eigenvalue weighted by atomic mass is 10.1. The maximum Gasteiger partial charge on any atom is 0.294 e. The van der Waals surface area contributed by atoms with Crippen LogP contribution in [0.2, 0.25) is 0 Å². The fourth-order valence-electron chi connectivity index (χ4n) is 2.46. The Bertz CT molecular complexity index is 766. The quantitative estimate of drug-likeness (QED) is 0.539. The van der Waals surface area contributed by atoms with Crippen molar-refractivity contribution in [1.82, 2.24) is 0 Å². The summed E-state index contributed by atoms with van der Waals surface area (Å²) in [5.74, 6) is 1.16. The van der Waals surface area contributed by atoms with Crippen LogP contribution in [0, 0.1) is 0 Å². The Kier molecular flexibility index (Phi) is 6.23. The summed E-state index contributed by atoms with van der Waals surface area (Å²) in [5.41, 5.74) is 0.546.